The molecule has 0 unspecified atom stereocenters. The fourth-order valence-corrected chi connectivity index (χ4v) is 7.07. The molecule has 7 atom stereocenters. The van der Waals surface area contributed by atoms with E-state index in [2.05, 4.69) is 0 Å². The Bertz CT molecular complexity index is 1200. The van der Waals surface area contributed by atoms with E-state index in [1.54, 1.807) is 18.6 Å². The monoisotopic (exact) mass is 504 g/mol. The van der Waals surface area contributed by atoms with Gasteiger partial charge in [-0.25, -0.2) is 4.79 Å². The third-order valence-corrected chi connectivity index (χ3v) is 8.91. The normalized spacial score (nSPS) is 33.5. The highest BCUT2D eigenvalue weighted by atomic mass is 16.5. The Morgan fingerprint density at radius 3 is 2.59 bits per heavy atom. The van der Waals surface area contributed by atoms with Crippen LogP contribution in [-0.2, 0) is 28.7 Å². The Kier molecular flexibility index (Phi) is 6.88. The molecule has 0 amide bonds. The quantitative estimate of drug-likeness (QED) is 0.427. The third kappa shape index (κ3) is 4.67. The summed E-state index contributed by atoms with van der Waals surface area (Å²) in [5.41, 5.74) is 1.10. The lowest BCUT2D eigenvalue weighted by Crippen LogP contribution is -2.60. The minimum atomic E-state index is -1.07. The van der Waals surface area contributed by atoms with Gasteiger partial charge in [-0.2, -0.15) is 0 Å². The Balaban J connectivity index is 1.44. The first-order chi connectivity index (χ1) is 17.8. The highest BCUT2D eigenvalue weighted by Gasteiger charge is 2.62. The third-order valence-electron chi connectivity index (χ3n) is 8.91. The summed E-state index contributed by atoms with van der Waals surface area (Å²) in [7, 11) is 1.34. The zero-order valence-corrected chi connectivity index (χ0v) is 21.1. The number of carbonyl (C=O) groups is 4. The number of hydrogen-bond acceptors (Lipinski definition) is 7. The highest BCUT2D eigenvalue weighted by molar-refractivity contribution is 5.95. The van der Waals surface area contributed by atoms with Crippen molar-refractivity contribution in [2.24, 2.45) is 29.1 Å². The zero-order valence-electron chi connectivity index (χ0n) is 21.1. The maximum atomic E-state index is 14.0. The number of carbonyl (C=O) groups excluding carboxylic acids is 4. The van der Waals surface area contributed by atoms with Crippen LogP contribution in [0.2, 0.25) is 0 Å². The second-order valence-corrected chi connectivity index (χ2v) is 10.8. The van der Waals surface area contributed by atoms with Crippen LogP contribution < -0.4 is 0 Å². The Hall–Kier alpha value is -3.48. The molecule has 3 aliphatic carbocycles. The summed E-state index contributed by atoms with van der Waals surface area (Å²) in [4.78, 5) is 52.9. The summed E-state index contributed by atoms with van der Waals surface area (Å²) < 4.78 is 16.1. The largest absolute Gasteiger partial charge is 0.472 e. The molecular formula is C30H32O7. The van der Waals surface area contributed by atoms with Crippen LogP contribution in [0.25, 0.3) is 6.08 Å². The van der Waals surface area contributed by atoms with Gasteiger partial charge in [0.1, 0.15) is 5.78 Å². The summed E-state index contributed by atoms with van der Waals surface area (Å²) in [6.45, 7) is 1.96. The van der Waals surface area contributed by atoms with Crippen molar-refractivity contribution >= 4 is 29.6 Å². The second-order valence-electron chi connectivity index (χ2n) is 10.8. The standard InChI is InChI=1S/C30H32O7/c1-30-12-10-21-22(14-20(15-24(21)31)19-11-13-36-17-19)27(30)28(33)25(16-23(30)29(34)35-2)37-26(32)9-8-18-6-4-3-5-7-18/h3-9,11,13,17,20-23,25,27H,10,12,14-16H2,1-2H3/b9-8+/t20-,21-,22+,23+,25+,27+,30+/m1/s1. The SMILES string of the molecule is COC(=O)[C@@H]1C[C@H](OC(=O)/C=C/c2ccccc2)C(=O)[C@@H]2[C@H]3C[C@@H](c4ccoc4)CC(=O)[C@@H]3CC[C@]21C. The number of Topliss-reactive ketones (excluding diaryl/α,β-unsaturated/α-hetero) is 2. The van der Waals surface area contributed by atoms with E-state index in [9.17, 15) is 19.2 Å². The summed E-state index contributed by atoms with van der Waals surface area (Å²) in [6, 6.07) is 11.2. The lowest BCUT2D eigenvalue weighted by Gasteiger charge is -2.56. The molecule has 0 aliphatic heterocycles. The van der Waals surface area contributed by atoms with Crippen LogP contribution in [0.15, 0.2) is 59.4 Å². The lowest BCUT2D eigenvalue weighted by atomic mass is 9.46. The molecule has 1 aromatic heterocycles. The van der Waals surface area contributed by atoms with Crippen LogP contribution in [-0.4, -0.2) is 36.7 Å². The number of fused-ring (bicyclic) bond motifs is 3. The smallest absolute Gasteiger partial charge is 0.331 e. The van der Waals surface area contributed by atoms with Gasteiger partial charge in [0.05, 0.1) is 25.6 Å². The van der Waals surface area contributed by atoms with Gasteiger partial charge in [0.25, 0.3) is 0 Å². The minimum Gasteiger partial charge on any atom is -0.472 e. The second kappa shape index (κ2) is 10.1. The van der Waals surface area contributed by atoms with E-state index >= 15 is 0 Å². The Morgan fingerprint density at radius 2 is 1.89 bits per heavy atom. The summed E-state index contributed by atoms with van der Waals surface area (Å²) in [6.07, 6.45) is 7.46. The van der Waals surface area contributed by atoms with E-state index < -0.39 is 35.3 Å². The number of rotatable bonds is 5. The maximum absolute atomic E-state index is 14.0. The zero-order chi connectivity index (χ0) is 26.2. The molecular weight excluding hydrogens is 472 g/mol. The first-order valence-corrected chi connectivity index (χ1v) is 12.9. The van der Waals surface area contributed by atoms with E-state index in [4.69, 9.17) is 13.9 Å². The van der Waals surface area contributed by atoms with E-state index in [1.807, 2.05) is 43.3 Å². The molecule has 37 heavy (non-hydrogen) atoms. The van der Waals surface area contributed by atoms with Crippen LogP contribution >= 0.6 is 0 Å². The molecule has 194 valence electrons. The van der Waals surface area contributed by atoms with Gasteiger partial charge in [-0.05, 0) is 59.8 Å². The maximum Gasteiger partial charge on any atom is 0.331 e. The molecule has 0 saturated heterocycles. The fourth-order valence-electron chi connectivity index (χ4n) is 7.07. The Morgan fingerprint density at radius 1 is 1.11 bits per heavy atom. The number of ketones is 2. The van der Waals surface area contributed by atoms with Gasteiger partial charge in [-0.15, -0.1) is 0 Å². The molecule has 2 aromatic rings. The number of methoxy groups -OCH3 is 1. The molecule has 0 radical (unpaired) electrons. The summed E-state index contributed by atoms with van der Waals surface area (Å²) >= 11 is 0. The topological polar surface area (TPSA) is 99.9 Å². The van der Waals surface area contributed by atoms with Crippen molar-refractivity contribution in [2.75, 3.05) is 7.11 Å². The van der Waals surface area contributed by atoms with Crippen molar-refractivity contribution in [3.8, 4) is 0 Å². The minimum absolute atomic E-state index is 0.0454. The number of furan rings is 1. The molecule has 7 nitrogen and oxygen atoms in total. The van der Waals surface area contributed by atoms with Gasteiger partial charge < -0.3 is 13.9 Å². The molecule has 3 fully saturated rings. The predicted octanol–water partition coefficient (Wildman–Crippen LogP) is 4.76. The van der Waals surface area contributed by atoms with E-state index in [-0.39, 0.29) is 35.7 Å². The number of benzene rings is 1. The average Bonchev–Trinajstić information content (AvgIpc) is 3.44. The number of ether oxygens (including phenoxy) is 2. The lowest BCUT2D eigenvalue weighted by molar-refractivity contribution is -0.182. The van der Waals surface area contributed by atoms with E-state index in [0.29, 0.717) is 25.7 Å². The molecule has 1 heterocycles. The van der Waals surface area contributed by atoms with Crippen molar-refractivity contribution in [1.29, 1.82) is 0 Å². The van der Waals surface area contributed by atoms with Crippen LogP contribution in [0.1, 0.15) is 56.1 Å². The van der Waals surface area contributed by atoms with Crippen molar-refractivity contribution in [3.63, 3.8) is 0 Å². The van der Waals surface area contributed by atoms with Crippen LogP contribution in [0.4, 0.5) is 0 Å². The van der Waals surface area contributed by atoms with E-state index in [1.165, 1.54) is 13.2 Å². The van der Waals surface area contributed by atoms with Crippen molar-refractivity contribution in [2.45, 2.75) is 51.0 Å². The molecule has 1 aromatic carbocycles. The average molecular weight is 505 g/mol. The van der Waals surface area contributed by atoms with Gasteiger partial charge >= 0.3 is 11.9 Å². The first-order valence-electron chi connectivity index (χ1n) is 12.9. The molecule has 0 spiro atoms. The number of hydrogen-bond donors (Lipinski definition) is 0. The highest BCUT2D eigenvalue weighted by Crippen LogP contribution is 2.60. The van der Waals surface area contributed by atoms with Crippen LogP contribution in [0.5, 0.6) is 0 Å². The molecule has 5 rings (SSSR count). The van der Waals surface area contributed by atoms with Crippen LogP contribution in [0.3, 0.4) is 0 Å². The van der Waals surface area contributed by atoms with Crippen molar-refractivity contribution < 1.29 is 33.1 Å². The molecule has 0 N–H and O–H groups in total. The molecule has 7 heteroatoms. The fraction of sp³-hybridized carbons (Fsp3) is 0.467. The molecule has 3 saturated carbocycles. The Labute approximate surface area is 216 Å². The van der Waals surface area contributed by atoms with Gasteiger partial charge in [0.2, 0.25) is 0 Å². The first kappa shape index (κ1) is 25.2. The van der Waals surface area contributed by atoms with Crippen molar-refractivity contribution in [3.05, 3.63) is 66.1 Å². The van der Waals surface area contributed by atoms with Crippen LogP contribution in [0, 0.1) is 29.1 Å². The van der Waals surface area contributed by atoms with E-state index in [0.717, 1.165) is 11.1 Å². The molecule has 0 bridgehead atoms. The predicted molar refractivity (Wildman–Crippen MR) is 134 cm³/mol. The van der Waals surface area contributed by atoms with Gasteiger partial charge in [-0.3, -0.25) is 14.4 Å². The molecule has 3 aliphatic rings. The summed E-state index contributed by atoms with van der Waals surface area (Å²) in [5.74, 6) is -2.81. The van der Waals surface area contributed by atoms with Gasteiger partial charge in [-0.1, -0.05) is 37.3 Å². The van der Waals surface area contributed by atoms with Gasteiger partial charge in [0, 0.05) is 30.8 Å². The number of esters is 2. The summed E-state index contributed by atoms with van der Waals surface area (Å²) in [5, 5.41) is 0. The van der Waals surface area contributed by atoms with Crippen molar-refractivity contribution in [1.82, 2.24) is 0 Å². The van der Waals surface area contributed by atoms with Gasteiger partial charge in [0.15, 0.2) is 11.9 Å².